The van der Waals surface area contributed by atoms with Gasteiger partial charge in [0.25, 0.3) is 0 Å². The van der Waals surface area contributed by atoms with Gasteiger partial charge in [-0.05, 0) is 49.4 Å². The summed E-state index contributed by atoms with van der Waals surface area (Å²) < 4.78 is 22.8. The Balaban J connectivity index is 2.20. The van der Waals surface area contributed by atoms with Crippen molar-refractivity contribution in [2.24, 2.45) is 5.73 Å². The molecule has 4 nitrogen and oxygen atoms in total. The molecule has 1 fully saturated rings. The Morgan fingerprint density at radius 3 is 2.59 bits per heavy atom. The van der Waals surface area contributed by atoms with Gasteiger partial charge in [-0.2, -0.15) is 0 Å². The van der Waals surface area contributed by atoms with E-state index < -0.39 is 9.84 Å². The maximum Gasteiger partial charge on any atom is 0.175 e. The topological polar surface area (TPSA) is 80.4 Å². The second kappa shape index (κ2) is 3.99. The van der Waals surface area contributed by atoms with E-state index in [1.165, 1.54) is 18.2 Å². The van der Waals surface area contributed by atoms with Gasteiger partial charge in [0.05, 0.1) is 4.90 Å². The monoisotopic (exact) mass is 255 g/mol. The predicted octanol–water partition coefficient (Wildman–Crippen LogP) is 1.22. The summed E-state index contributed by atoms with van der Waals surface area (Å²) in [7, 11) is -3.22. The molecule has 1 aromatic carbocycles. The summed E-state index contributed by atoms with van der Waals surface area (Å²) >= 11 is 0. The quantitative estimate of drug-likeness (QED) is 0.847. The van der Waals surface area contributed by atoms with E-state index in [0.717, 1.165) is 25.5 Å². The highest BCUT2D eigenvalue weighted by Gasteiger charge is 2.37. The molecule has 0 spiro atoms. The highest BCUT2D eigenvalue weighted by atomic mass is 32.2. The largest absolute Gasteiger partial charge is 0.508 e. The van der Waals surface area contributed by atoms with Gasteiger partial charge in [-0.1, -0.05) is 0 Å². The molecular weight excluding hydrogens is 238 g/mol. The minimum Gasteiger partial charge on any atom is -0.508 e. The van der Waals surface area contributed by atoms with E-state index in [9.17, 15) is 13.5 Å². The van der Waals surface area contributed by atoms with Gasteiger partial charge in [-0.3, -0.25) is 0 Å². The zero-order valence-corrected chi connectivity index (χ0v) is 10.6. The number of rotatable bonds is 4. The third-order valence-electron chi connectivity index (χ3n) is 3.26. The van der Waals surface area contributed by atoms with Crippen LogP contribution in [0.25, 0.3) is 0 Å². The molecule has 1 saturated carbocycles. The number of phenolic OH excluding ortho intramolecular Hbond substituents is 1. The van der Waals surface area contributed by atoms with Crippen molar-refractivity contribution in [1.29, 1.82) is 0 Å². The lowest BCUT2D eigenvalue weighted by atomic mass is 10.0. The van der Waals surface area contributed by atoms with Crippen molar-refractivity contribution >= 4 is 9.84 Å². The molecule has 1 aromatic rings. The molecule has 0 aromatic heterocycles. The molecule has 2 rings (SSSR count). The molecule has 0 bridgehead atoms. The van der Waals surface area contributed by atoms with Gasteiger partial charge in [-0.15, -0.1) is 0 Å². The van der Waals surface area contributed by atoms with Crippen molar-refractivity contribution in [3.05, 3.63) is 23.8 Å². The van der Waals surface area contributed by atoms with Crippen molar-refractivity contribution in [2.45, 2.75) is 36.1 Å². The van der Waals surface area contributed by atoms with E-state index in [1.54, 1.807) is 0 Å². The summed E-state index contributed by atoms with van der Waals surface area (Å²) in [6, 6.07) is 4.39. The molecule has 3 N–H and O–H groups in total. The molecule has 17 heavy (non-hydrogen) atoms. The van der Waals surface area contributed by atoms with E-state index in [1.807, 2.05) is 0 Å². The molecule has 0 radical (unpaired) electrons. The average Bonchev–Trinajstić information content (AvgIpc) is 2.94. The van der Waals surface area contributed by atoms with Crippen LogP contribution >= 0.6 is 0 Å². The predicted molar refractivity (Wildman–Crippen MR) is 65.7 cm³/mol. The van der Waals surface area contributed by atoms with Crippen molar-refractivity contribution in [3.63, 3.8) is 0 Å². The van der Waals surface area contributed by atoms with Crippen LogP contribution in [0.3, 0.4) is 0 Å². The number of aromatic hydroxyl groups is 1. The SMILES string of the molecule is CS(=O)(=O)c1ccc(O)c(CCC2(N)CC2)c1. The molecule has 0 atom stereocenters. The third kappa shape index (κ3) is 2.98. The summed E-state index contributed by atoms with van der Waals surface area (Å²) in [4.78, 5) is 0.243. The Hall–Kier alpha value is -1.07. The van der Waals surface area contributed by atoms with E-state index in [0.29, 0.717) is 12.0 Å². The van der Waals surface area contributed by atoms with Crippen molar-refractivity contribution in [2.75, 3.05) is 6.26 Å². The maximum atomic E-state index is 11.4. The first-order valence-corrected chi connectivity index (χ1v) is 7.50. The molecule has 1 aliphatic carbocycles. The fraction of sp³-hybridized carbons (Fsp3) is 0.500. The van der Waals surface area contributed by atoms with Gasteiger partial charge >= 0.3 is 0 Å². The summed E-state index contributed by atoms with van der Waals surface area (Å²) in [6.07, 6.45) is 4.59. The maximum absolute atomic E-state index is 11.4. The third-order valence-corrected chi connectivity index (χ3v) is 4.37. The first kappa shape index (κ1) is 12.4. The molecule has 94 valence electrons. The number of hydrogen-bond acceptors (Lipinski definition) is 4. The van der Waals surface area contributed by atoms with Gasteiger partial charge in [0.1, 0.15) is 5.75 Å². The molecule has 0 saturated heterocycles. The smallest absolute Gasteiger partial charge is 0.175 e. The van der Waals surface area contributed by atoms with Crippen LogP contribution in [0.2, 0.25) is 0 Å². The van der Waals surface area contributed by atoms with Crippen LogP contribution in [0.4, 0.5) is 0 Å². The van der Waals surface area contributed by atoms with Crippen molar-refractivity contribution in [3.8, 4) is 5.75 Å². The Kier molecular flexibility index (Phi) is 2.91. The normalized spacial score (nSPS) is 18.0. The van der Waals surface area contributed by atoms with Crippen LogP contribution in [0.5, 0.6) is 5.75 Å². The number of hydrogen-bond donors (Lipinski definition) is 2. The number of aryl methyl sites for hydroxylation is 1. The Labute approximate surface area is 101 Å². The molecule has 0 heterocycles. The lowest BCUT2D eigenvalue weighted by molar-refractivity contribution is 0.463. The molecule has 5 heteroatoms. The van der Waals surface area contributed by atoms with E-state index in [-0.39, 0.29) is 16.2 Å². The summed E-state index contributed by atoms with van der Waals surface area (Å²) in [5.74, 6) is 0.140. The second-order valence-electron chi connectivity index (χ2n) is 4.93. The highest BCUT2D eigenvalue weighted by molar-refractivity contribution is 7.90. The zero-order valence-electron chi connectivity index (χ0n) is 9.81. The first-order valence-electron chi connectivity index (χ1n) is 5.61. The highest BCUT2D eigenvalue weighted by Crippen LogP contribution is 2.37. The van der Waals surface area contributed by atoms with Gasteiger partial charge in [0.2, 0.25) is 0 Å². The standard InChI is InChI=1S/C12H17NO3S/c1-17(15,16)10-2-3-11(14)9(8-10)4-5-12(13)6-7-12/h2-3,8,14H,4-7,13H2,1H3. The van der Waals surface area contributed by atoms with E-state index >= 15 is 0 Å². The Morgan fingerprint density at radius 1 is 1.41 bits per heavy atom. The van der Waals surface area contributed by atoms with Gasteiger partial charge < -0.3 is 10.8 Å². The second-order valence-corrected chi connectivity index (χ2v) is 6.94. The Morgan fingerprint density at radius 2 is 2.06 bits per heavy atom. The fourth-order valence-corrected chi connectivity index (χ4v) is 2.46. The van der Waals surface area contributed by atoms with Crippen LogP contribution in [-0.2, 0) is 16.3 Å². The van der Waals surface area contributed by atoms with Gasteiger partial charge in [0.15, 0.2) is 9.84 Å². The molecule has 0 aliphatic heterocycles. The summed E-state index contributed by atoms with van der Waals surface area (Å²) in [5.41, 5.74) is 6.54. The van der Waals surface area contributed by atoms with Crippen LogP contribution in [-0.4, -0.2) is 25.3 Å². The fourth-order valence-electron chi connectivity index (χ4n) is 1.79. The van der Waals surface area contributed by atoms with Gasteiger partial charge in [0, 0.05) is 11.8 Å². The zero-order chi connectivity index (χ0) is 12.7. The number of nitrogens with two attached hydrogens (primary N) is 1. The summed E-state index contributed by atoms with van der Waals surface area (Å²) in [6.45, 7) is 0. The van der Waals surface area contributed by atoms with Crippen LogP contribution in [0, 0.1) is 0 Å². The lowest BCUT2D eigenvalue weighted by Crippen LogP contribution is -2.22. The van der Waals surface area contributed by atoms with Crippen LogP contribution < -0.4 is 5.73 Å². The van der Waals surface area contributed by atoms with Crippen molar-refractivity contribution < 1.29 is 13.5 Å². The molecule has 0 unspecified atom stereocenters. The number of benzene rings is 1. The Bertz CT molecular complexity index is 533. The summed E-state index contributed by atoms with van der Waals surface area (Å²) in [5, 5.41) is 9.68. The minimum absolute atomic E-state index is 0.0897. The molecule has 0 amide bonds. The lowest BCUT2D eigenvalue weighted by Gasteiger charge is -2.10. The van der Waals surface area contributed by atoms with Crippen LogP contribution in [0.15, 0.2) is 23.1 Å². The first-order chi connectivity index (χ1) is 7.80. The van der Waals surface area contributed by atoms with Crippen molar-refractivity contribution in [1.82, 2.24) is 0 Å². The van der Waals surface area contributed by atoms with Crippen LogP contribution in [0.1, 0.15) is 24.8 Å². The molecule has 1 aliphatic rings. The average molecular weight is 255 g/mol. The minimum atomic E-state index is -3.22. The van der Waals surface area contributed by atoms with Gasteiger partial charge in [-0.25, -0.2) is 8.42 Å². The van der Waals surface area contributed by atoms with E-state index in [4.69, 9.17) is 5.73 Å². The van der Waals surface area contributed by atoms with E-state index in [2.05, 4.69) is 0 Å². The molecular formula is C12H17NO3S. The number of sulfone groups is 1. The number of phenols is 1.